The van der Waals surface area contributed by atoms with Gasteiger partial charge in [-0.15, -0.1) is 0 Å². The maximum absolute atomic E-state index is 5.75. The molecule has 0 aromatic heterocycles. The van der Waals surface area contributed by atoms with E-state index in [1.165, 1.54) is 0 Å². The lowest BCUT2D eigenvalue weighted by Gasteiger charge is -2.09. The van der Waals surface area contributed by atoms with Crippen LogP contribution in [0, 0.1) is 0 Å². The average Bonchev–Trinajstić information content (AvgIpc) is 2.76. The molecular weight excluding hydrogens is 352 g/mol. The van der Waals surface area contributed by atoms with Crippen molar-refractivity contribution in [3.63, 3.8) is 0 Å². The minimum absolute atomic E-state index is 0.574. The topological polar surface area (TPSA) is 36.9 Å². The van der Waals surface area contributed by atoms with E-state index in [0.29, 0.717) is 11.5 Å². The summed E-state index contributed by atoms with van der Waals surface area (Å²) in [5, 5.41) is 0. The molecular formula is C24H18O4. The average molecular weight is 370 g/mol. The van der Waals surface area contributed by atoms with Crippen LogP contribution in [-0.2, 0) is 0 Å². The number of para-hydroxylation sites is 2. The zero-order valence-electron chi connectivity index (χ0n) is 15.0. The molecule has 0 bridgehead atoms. The molecule has 0 aliphatic rings. The van der Waals surface area contributed by atoms with E-state index in [0.717, 1.165) is 23.0 Å². The minimum atomic E-state index is 0.574. The SMILES string of the molecule is c1ccc(Oc2ccc(OOc3ccc(Oc4ccccc4)cc3)cc2)cc1. The van der Waals surface area contributed by atoms with Crippen LogP contribution in [0.3, 0.4) is 0 Å². The molecule has 4 nitrogen and oxygen atoms in total. The van der Waals surface area contributed by atoms with Gasteiger partial charge in [-0.3, -0.25) is 9.78 Å². The fourth-order valence-electron chi connectivity index (χ4n) is 2.47. The van der Waals surface area contributed by atoms with Crippen LogP contribution in [-0.4, -0.2) is 0 Å². The third-order valence-electron chi connectivity index (χ3n) is 3.84. The van der Waals surface area contributed by atoms with Crippen LogP contribution in [0.4, 0.5) is 0 Å². The smallest absolute Gasteiger partial charge is 0.178 e. The molecule has 4 heteroatoms. The monoisotopic (exact) mass is 370 g/mol. The molecule has 0 atom stereocenters. The zero-order chi connectivity index (χ0) is 19.0. The van der Waals surface area contributed by atoms with Crippen LogP contribution >= 0.6 is 0 Å². The minimum Gasteiger partial charge on any atom is -0.457 e. The van der Waals surface area contributed by atoms with Gasteiger partial charge in [0.05, 0.1) is 0 Å². The Morgan fingerprint density at radius 3 is 0.929 bits per heavy atom. The third-order valence-corrected chi connectivity index (χ3v) is 3.84. The van der Waals surface area contributed by atoms with Gasteiger partial charge >= 0.3 is 0 Å². The van der Waals surface area contributed by atoms with Crippen molar-refractivity contribution < 1.29 is 19.2 Å². The molecule has 0 aliphatic heterocycles. The van der Waals surface area contributed by atoms with E-state index in [2.05, 4.69) is 0 Å². The molecule has 4 aromatic carbocycles. The molecule has 0 fully saturated rings. The number of benzene rings is 4. The van der Waals surface area contributed by atoms with Crippen molar-refractivity contribution in [1.29, 1.82) is 0 Å². The molecule has 0 radical (unpaired) electrons. The van der Waals surface area contributed by atoms with Crippen molar-refractivity contribution in [2.24, 2.45) is 0 Å². The van der Waals surface area contributed by atoms with Crippen molar-refractivity contribution in [2.45, 2.75) is 0 Å². The Morgan fingerprint density at radius 2 is 0.571 bits per heavy atom. The lowest BCUT2D eigenvalue weighted by atomic mass is 10.3. The highest BCUT2D eigenvalue weighted by molar-refractivity contribution is 5.37. The summed E-state index contributed by atoms with van der Waals surface area (Å²) in [7, 11) is 0. The largest absolute Gasteiger partial charge is 0.457 e. The van der Waals surface area contributed by atoms with Gasteiger partial charge < -0.3 is 9.47 Å². The summed E-state index contributed by atoms with van der Waals surface area (Å²) in [6, 6.07) is 33.6. The van der Waals surface area contributed by atoms with Gasteiger partial charge in [-0.05, 0) is 72.8 Å². The van der Waals surface area contributed by atoms with E-state index in [4.69, 9.17) is 19.2 Å². The Labute approximate surface area is 163 Å². The van der Waals surface area contributed by atoms with Crippen LogP contribution in [0.15, 0.2) is 109 Å². The quantitative estimate of drug-likeness (QED) is 0.270. The van der Waals surface area contributed by atoms with Gasteiger partial charge in [0.2, 0.25) is 0 Å². The number of hydrogen-bond acceptors (Lipinski definition) is 4. The summed E-state index contributed by atoms with van der Waals surface area (Å²) in [6.07, 6.45) is 0. The van der Waals surface area contributed by atoms with Gasteiger partial charge in [0.1, 0.15) is 23.0 Å². The molecule has 0 aliphatic carbocycles. The molecule has 4 rings (SSSR count). The number of ether oxygens (including phenoxy) is 2. The first-order valence-corrected chi connectivity index (χ1v) is 8.86. The van der Waals surface area contributed by atoms with E-state index in [1.807, 2.05) is 84.9 Å². The van der Waals surface area contributed by atoms with Crippen LogP contribution in [0.2, 0.25) is 0 Å². The fraction of sp³-hybridized carbons (Fsp3) is 0. The summed E-state index contributed by atoms with van der Waals surface area (Å²) < 4.78 is 11.5. The number of rotatable bonds is 7. The van der Waals surface area contributed by atoms with Crippen LogP contribution < -0.4 is 19.2 Å². The molecule has 0 saturated heterocycles. The van der Waals surface area contributed by atoms with Gasteiger partial charge in [-0.2, -0.15) is 0 Å². The van der Waals surface area contributed by atoms with Crippen molar-refractivity contribution in [2.75, 3.05) is 0 Å². The maximum atomic E-state index is 5.75. The second-order valence-corrected chi connectivity index (χ2v) is 5.94. The summed E-state index contributed by atoms with van der Waals surface area (Å²) in [5.41, 5.74) is 0. The predicted octanol–water partition coefficient (Wildman–Crippen LogP) is 6.64. The number of hydrogen-bond donors (Lipinski definition) is 0. The van der Waals surface area contributed by atoms with Crippen molar-refractivity contribution in [3.8, 4) is 34.5 Å². The normalized spacial score (nSPS) is 10.1. The van der Waals surface area contributed by atoms with Crippen molar-refractivity contribution in [3.05, 3.63) is 109 Å². The van der Waals surface area contributed by atoms with E-state index >= 15 is 0 Å². The predicted molar refractivity (Wildman–Crippen MR) is 107 cm³/mol. The van der Waals surface area contributed by atoms with E-state index < -0.39 is 0 Å². The van der Waals surface area contributed by atoms with E-state index in [1.54, 1.807) is 24.3 Å². The van der Waals surface area contributed by atoms with E-state index in [9.17, 15) is 0 Å². The molecule has 0 N–H and O–H groups in total. The third kappa shape index (κ3) is 4.83. The Hall–Kier alpha value is -3.92. The summed E-state index contributed by atoms with van der Waals surface area (Å²) >= 11 is 0. The first-order chi connectivity index (χ1) is 13.8. The highest BCUT2D eigenvalue weighted by Crippen LogP contribution is 2.26. The molecule has 0 spiro atoms. The highest BCUT2D eigenvalue weighted by Gasteiger charge is 2.02. The van der Waals surface area contributed by atoms with Crippen molar-refractivity contribution >= 4 is 0 Å². The van der Waals surface area contributed by atoms with Gasteiger partial charge in [0.15, 0.2) is 11.5 Å². The van der Waals surface area contributed by atoms with Crippen LogP contribution in [0.25, 0.3) is 0 Å². The second kappa shape index (κ2) is 8.64. The lowest BCUT2D eigenvalue weighted by Crippen LogP contribution is -2.00. The molecule has 0 unspecified atom stereocenters. The molecule has 138 valence electrons. The first kappa shape index (κ1) is 17.5. The molecule has 28 heavy (non-hydrogen) atoms. The molecule has 4 aromatic rings. The summed E-state index contributed by atoms with van der Waals surface area (Å²) in [5.74, 6) is 4.16. The van der Waals surface area contributed by atoms with Crippen molar-refractivity contribution in [1.82, 2.24) is 0 Å². The maximum Gasteiger partial charge on any atom is 0.178 e. The fourth-order valence-corrected chi connectivity index (χ4v) is 2.47. The molecule has 0 saturated carbocycles. The standard InChI is InChI=1S/C24H18O4/c1-3-7-19(8-4-1)25-21-11-15-23(16-12-21)27-28-24-17-13-22(14-18-24)26-20-9-5-2-6-10-20/h1-18H. The Balaban J connectivity index is 1.30. The first-order valence-electron chi connectivity index (χ1n) is 8.86. The Kier molecular flexibility index (Phi) is 5.40. The van der Waals surface area contributed by atoms with Gasteiger partial charge in [0.25, 0.3) is 0 Å². The van der Waals surface area contributed by atoms with E-state index in [-0.39, 0.29) is 0 Å². The van der Waals surface area contributed by atoms with Gasteiger partial charge in [0, 0.05) is 0 Å². The van der Waals surface area contributed by atoms with Gasteiger partial charge in [-0.1, -0.05) is 36.4 Å². The van der Waals surface area contributed by atoms with Gasteiger partial charge in [-0.25, -0.2) is 0 Å². The second-order valence-electron chi connectivity index (χ2n) is 5.94. The summed E-state index contributed by atoms with van der Waals surface area (Å²) in [4.78, 5) is 10.7. The lowest BCUT2D eigenvalue weighted by molar-refractivity contribution is -0.0999. The van der Waals surface area contributed by atoms with Crippen LogP contribution in [0.5, 0.6) is 34.5 Å². The zero-order valence-corrected chi connectivity index (χ0v) is 15.0. The highest BCUT2D eigenvalue weighted by atomic mass is 17.2. The van der Waals surface area contributed by atoms with Crippen LogP contribution in [0.1, 0.15) is 0 Å². The Bertz CT molecular complexity index is 897. The Morgan fingerprint density at radius 1 is 0.286 bits per heavy atom. The molecule has 0 amide bonds. The summed E-state index contributed by atoms with van der Waals surface area (Å²) in [6.45, 7) is 0. The molecule has 0 heterocycles.